The highest BCUT2D eigenvalue weighted by Gasteiger charge is 2.46. The van der Waals surface area contributed by atoms with Crippen molar-refractivity contribution in [1.82, 2.24) is 5.01 Å². The van der Waals surface area contributed by atoms with Crippen LogP contribution in [0.15, 0.2) is 35.4 Å². The molecule has 4 heteroatoms. The molecule has 1 saturated carbocycles. The molecule has 0 atom stereocenters. The van der Waals surface area contributed by atoms with Gasteiger partial charge in [-0.3, -0.25) is 4.79 Å². The van der Waals surface area contributed by atoms with E-state index in [4.69, 9.17) is 4.74 Å². The predicted molar refractivity (Wildman–Crippen MR) is 77.0 cm³/mol. The van der Waals surface area contributed by atoms with Crippen LogP contribution in [0, 0.1) is 0 Å². The van der Waals surface area contributed by atoms with Gasteiger partial charge >= 0.3 is 0 Å². The maximum absolute atomic E-state index is 11.9. The number of amides is 1. The van der Waals surface area contributed by atoms with Gasteiger partial charge in [-0.05, 0) is 25.0 Å². The second kappa shape index (κ2) is 5.27. The molecule has 2 aliphatic rings. The van der Waals surface area contributed by atoms with Gasteiger partial charge in [0.05, 0.1) is 0 Å². The lowest BCUT2D eigenvalue weighted by atomic mass is 10.0. The topological polar surface area (TPSA) is 41.9 Å². The smallest absolute Gasteiger partial charge is 0.243 e. The number of hydrogen-bond acceptors (Lipinski definition) is 3. The van der Waals surface area contributed by atoms with Crippen LogP contribution in [0.1, 0.15) is 51.0 Å². The van der Waals surface area contributed by atoms with Gasteiger partial charge in [-0.1, -0.05) is 31.0 Å². The van der Waals surface area contributed by atoms with Gasteiger partial charge in [-0.25, -0.2) is 0 Å². The Bertz CT molecular complexity index is 517. The molecule has 1 aliphatic heterocycles. The van der Waals surface area contributed by atoms with Gasteiger partial charge in [0.25, 0.3) is 0 Å². The van der Waals surface area contributed by atoms with Crippen molar-refractivity contribution < 1.29 is 9.53 Å². The fourth-order valence-electron chi connectivity index (χ4n) is 3.08. The number of nitrogens with zero attached hydrogens (tertiary/aromatic N) is 2. The molecule has 20 heavy (non-hydrogen) atoms. The van der Waals surface area contributed by atoms with Crippen LogP contribution in [0.2, 0.25) is 0 Å². The molecule has 0 N–H and O–H groups in total. The summed E-state index contributed by atoms with van der Waals surface area (Å²) in [5.74, 6) is 0.528. The summed E-state index contributed by atoms with van der Waals surface area (Å²) in [7, 11) is 0. The van der Waals surface area contributed by atoms with Crippen LogP contribution >= 0.6 is 0 Å². The first kappa shape index (κ1) is 13.2. The zero-order valence-electron chi connectivity index (χ0n) is 11.8. The molecule has 1 aliphatic carbocycles. The van der Waals surface area contributed by atoms with Crippen molar-refractivity contribution in [2.45, 2.75) is 51.2 Å². The highest BCUT2D eigenvalue weighted by atomic mass is 16.6. The van der Waals surface area contributed by atoms with Crippen molar-refractivity contribution in [3.05, 3.63) is 35.9 Å². The van der Waals surface area contributed by atoms with Gasteiger partial charge < -0.3 is 4.74 Å². The van der Waals surface area contributed by atoms with Crippen LogP contribution < -0.4 is 0 Å². The molecule has 0 aromatic heterocycles. The molecule has 0 unspecified atom stereocenters. The minimum absolute atomic E-state index is 0.0437. The summed E-state index contributed by atoms with van der Waals surface area (Å²) in [6.45, 7) is 1.56. The molecule has 1 fully saturated rings. The monoisotopic (exact) mass is 272 g/mol. The fourth-order valence-corrected chi connectivity index (χ4v) is 3.08. The Morgan fingerprint density at radius 1 is 1.15 bits per heavy atom. The zero-order chi connectivity index (χ0) is 14.0. The Balaban J connectivity index is 1.92. The van der Waals surface area contributed by atoms with Gasteiger partial charge in [0, 0.05) is 25.3 Å². The fraction of sp³-hybridized carbons (Fsp3) is 0.500. The van der Waals surface area contributed by atoms with Crippen LogP contribution in [-0.2, 0) is 9.53 Å². The molecule has 1 amide bonds. The van der Waals surface area contributed by atoms with Crippen LogP contribution in [-0.4, -0.2) is 22.5 Å². The molecule has 0 bridgehead atoms. The summed E-state index contributed by atoms with van der Waals surface area (Å²) in [6.07, 6.45) is 6.32. The third kappa shape index (κ3) is 2.30. The van der Waals surface area contributed by atoms with E-state index in [0.29, 0.717) is 5.90 Å². The van der Waals surface area contributed by atoms with Crippen molar-refractivity contribution in [2.24, 2.45) is 5.10 Å². The molecular weight excluding hydrogens is 252 g/mol. The van der Waals surface area contributed by atoms with Gasteiger partial charge in [0.2, 0.25) is 17.5 Å². The largest absolute Gasteiger partial charge is 0.447 e. The van der Waals surface area contributed by atoms with Gasteiger partial charge in [0.15, 0.2) is 0 Å². The first-order valence-electron chi connectivity index (χ1n) is 7.35. The highest BCUT2D eigenvalue weighted by molar-refractivity contribution is 5.96. The summed E-state index contributed by atoms with van der Waals surface area (Å²) in [5.41, 5.74) is 0.382. The second-order valence-electron chi connectivity index (χ2n) is 5.56. The molecule has 1 spiro atoms. The second-order valence-corrected chi connectivity index (χ2v) is 5.56. The molecule has 1 aromatic carbocycles. The van der Waals surface area contributed by atoms with Gasteiger partial charge in [-0.15, -0.1) is 5.10 Å². The van der Waals surface area contributed by atoms with E-state index in [1.54, 1.807) is 11.9 Å². The lowest BCUT2D eigenvalue weighted by Crippen LogP contribution is -2.46. The highest BCUT2D eigenvalue weighted by Crippen LogP contribution is 2.38. The normalized spacial score (nSPS) is 21.2. The maximum atomic E-state index is 11.9. The van der Waals surface area contributed by atoms with Gasteiger partial charge in [-0.2, -0.15) is 5.01 Å². The van der Waals surface area contributed by atoms with Crippen molar-refractivity contribution in [3.8, 4) is 0 Å². The van der Waals surface area contributed by atoms with Crippen molar-refractivity contribution in [1.29, 1.82) is 0 Å². The number of hydrogen-bond donors (Lipinski definition) is 0. The summed E-state index contributed by atoms with van der Waals surface area (Å²) in [5, 5.41) is 6.02. The summed E-state index contributed by atoms with van der Waals surface area (Å²) in [6, 6.07) is 9.80. The van der Waals surface area contributed by atoms with E-state index in [1.807, 2.05) is 30.3 Å². The van der Waals surface area contributed by atoms with Crippen molar-refractivity contribution in [3.63, 3.8) is 0 Å². The predicted octanol–water partition coefficient (Wildman–Crippen LogP) is 3.28. The lowest BCUT2D eigenvalue weighted by molar-refractivity contribution is -0.149. The zero-order valence-corrected chi connectivity index (χ0v) is 11.8. The molecular formula is C16H20N2O2. The number of benzene rings is 1. The van der Waals surface area contributed by atoms with Crippen LogP contribution in [0.5, 0.6) is 0 Å². The van der Waals surface area contributed by atoms with Crippen molar-refractivity contribution in [2.75, 3.05) is 0 Å². The molecule has 0 saturated heterocycles. The maximum Gasteiger partial charge on any atom is 0.243 e. The number of rotatable bonds is 1. The molecule has 106 valence electrons. The van der Waals surface area contributed by atoms with E-state index in [9.17, 15) is 4.79 Å². The molecule has 1 aromatic rings. The SMILES string of the molecule is CC(=O)N1N=C(c2ccccc2)OC12CCCCCC2. The number of hydrazone groups is 1. The molecule has 4 nitrogen and oxygen atoms in total. The Morgan fingerprint density at radius 2 is 1.80 bits per heavy atom. The quantitative estimate of drug-likeness (QED) is 0.787. The van der Waals surface area contributed by atoms with Gasteiger partial charge in [0.1, 0.15) is 0 Å². The van der Waals surface area contributed by atoms with E-state index in [0.717, 1.165) is 31.2 Å². The third-order valence-corrected chi connectivity index (χ3v) is 4.07. The van der Waals surface area contributed by atoms with Crippen LogP contribution in [0.4, 0.5) is 0 Å². The average Bonchev–Trinajstić information content (AvgIpc) is 2.67. The van der Waals surface area contributed by atoms with E-state index >= 15 is 0 Å². The molecule has 0 radical (unpaired) electrons. The molecule has 1 heterocycles. The van der Waals surface area contributed by atoms with E-state index in [-0.39, 0.29) is 5.91 Å². The Kier molecular flexibility index (Phi) is 3.47. The lowest BCUT2D eigenvalue weighted by Gasteiger charge is -2.33. The number of carbonyl (C=O) groups is 1. The Labute approximate surface area is 119 Å². The summed E-state index contributed by atoms with van der Waals surface area (Å²) in [4.78, 5) is 11.9. The summed E-state index contributed by atoms with van der Waals surface area (Å²) < 4.78 is 6.18. The number of carbonyl (C=O) groups excluding carboxylic acids is 1. The minimum atomic E-state index is -0.548. The van der Waals surface area contributed by atoms with Crippen LogP contribution in [0.3, 0.4) is 0 Å². The third-order valence-electron chi connectivity index (χ3n) is 4.07. The van der Waals surface area contributed by atoms with Crippen molar-refractivity contribution >= 4 is 11.8 Å². The Morgan fingerprint density at radius 3 is 2.40 bits per heavy atom. The minimum Gasteiger partial charge on any atom is -0.447 e. The summed E-state index contributed by atoms with van der Waals surface area (Å²) >= 11 is 0. The van der Waals surface area contributed by atoms with E-state index in [1.165, 1.54) is 12.8 Å². The Hall–Kier alpha value is -1.84. The van der Waals surface area contributed by atoms with E-state index in [2.05, 4.69) is 5.10 Å². The van der Waals surface area contributed by atoms with E-state index < -0.39 is 5.72 Å². The number of ether oxygens (including phenoxy) is 1. The molecule has 3 rings (SSSR count). The first-order valence-corrected chi connectivity index (χ1v) is 7.35. The standard InChI is InChI=1S/C16H20N2O2/c1-13(19)18-16(11-7-2-3-8-12-16)20-15(17-18)14-9-5-4-6-10-14/h4-6,9-10H,2-3,7-8,11-12H2,1H3. The average molecular weight is 272 g/mol. The van der Waals surface area contributed by atoms with Crippen LogP contribution in [0.25, 0.3) is 0 Å². The first-order chi connectivity index (χ1) is 9.71.